The van der Waals surface area contributed by atoms with Crippen molar-refractivity contribution in [2.24, 2.45) is 5.41 Å². The van der Waals surface area contributed by atoms with Gasteiger partial charge in [0.05, 0.1) is 0 Å². The van der Waals surface area contributed by atoms with Crippen molar-refractivity contribution in [2.45, 2.75) is 38.5 Å². The molecule has 0 unspecified atom stereocenters. The maximum atomic E-state index is 12.5. The summed E-state index contributed by atoms with van der Waals surface area (Å²) in [6.45, 7) is 0. The molecule has 0 bridgehead atoms. The maximum Gasteiger partial charge on any atom is 0.224 e. The first kappa shape index (κ1) is 17.2. The smallest absolute Gasteiger partial charge is 0.224 e. The second kappa shape index (κ2) is 7.97. The van der Waals surface area contributed by atoms with Gasteiger partial charge in [-0.3, -0.25) is 9.59 Å². The molecule has 1 aliphatic rings. The molecular formula is C21H24N2O2. The van der Waals surface area contributed by atoms with E-state index in [-0.39, 0.29) is 17.2 Å². The Balaban J connectivity index is 1.61. The SMILES string of the molecule is O=C(CC1(CC(=O)Nc2ccccc2)CCCC1)Nc1ccccc1. The molecule has 0 saturated heterocycles. The molecule has 3 rings (SSSR count). The van der Waals surface area contributed by atoms with Crippen molar-refractivity contribution in [2.75, 3.05) is 10.6 Å². The number of carbonyl (C=O) groups is 2. The van der Waals surface area contributed by atoms with Crippen LogP contribution in [0.15, 0.2) is 60.7 Å². The lowest BCUT2D eigenvalue weighted by Crippen LogP contribution is -2.30. The highest BCUT2D eigenvalue weighted by Crippen LogP contribution is 2.44. The molecule has 25 heavy (non-hydrogen) atoms. The van der Waals surface area contributed by atoms with E-state index in [2.05, 4.69) is 10.6 Å². The van der Waals surface area contributed by atoms with Crippen LogP contribution in [0, 0.1) is 5.41 Å². The molecule has 2 N–H and O–H groups in total. The number of rotatable bonds is 6. The second-order valence-corrected chi connectivity index (χ2v) is 6.89. The van der Waals surface area contributed by atoms with Gasteiger partial charge in [0.2, 0.25) is 11.8 Å². The summed E-state index contributed by atoms with van der Waals surface area (Å²) in [7, 11) is 0. The van der Waals surface area contributed by atoms with Crippen LogP contribution in [-0.4, -0.2) is 11.8 Å². The summed E-state index contributed by atoms with van der Waals surface area (Å²) in [6, 6.07) is 18.9. The van der Waals surface area contributed by atoms with Crippen LogP contribution in [0.2, 0.25) is 0 Å². The molecule has 2 aromatic carbocycles. The number of hydrogen-bond acceptors (Lipinski definition) is 2. The van der Waals surface area contributed by atoms with Crippen molar-refractivity contribution in [3.8, 4) is 0 Å². The number of amides is 2. The first-order valence-electron chi connectivity index (χ1n) is 8.85. The quantitative estimate of drug-likeness (QED) is 0.809. The third kappa shape index (κ3) is 4.92. The fraction of sp³-hybridized carbons (Fsp3) is 0.333. The van der Waals surface area contributed by atoms with Gasteiger partial charge in [0.25, 0.3) is 0 Å². The monoisotopic (exact) mass is 336 g/mol. The summed E-state index contributed by atoms with van der Waals surface area (Å²) < 4.78 is 0. The molecule has 0 atom stereocenters. The van der Waals surface area contributed by atoms with Gasteiger partial charge in [-0.2, -0.15) is 0 Å². The zero-order chi connectivity index (χ0) is 17.5. The number of anilines is 2. The van der Waals surface area contributed by atoms with Crippen LogP contribution >= 0.6 is 0 Å². The molecule has 0 aliphatic heterocycles. The second-order valence-electron chi connectivity index (χ2n) is 6.89. The molecule has 0 heterocycles. The van der Waals surface area contributed by atoms with Crippen LogP contribution in [-0.2, 0) is 9.59 Å². The van der Waals surface area contributed by atoms with Gasteiger partial charge >= 0.3 is 0 Å². The Labute approximate surface area is 148 Å². The van der Waals surface area contributed by atoms with Gasteiger partial charge in [-0.05, 0) is 42.5 Å². The van der Waals surface area contributed by atoms with Gasteiger partial charge in [0, 0.05) is 24.2 Å². The average Bonchev–Trinajstić information content (AvgIpc) is 3.04. The molecule has 0 spiro atoms. The van der Waals surface area contributed by atoms with E-state index in [1.807, 2.05) is 60.7 Å². The topological polar surface area (TPSA) is 58.2 Å². The Morgan fingerprint density at radius 3 is 1.52 bits per heavy atom. The maximum absolute atomic E-state index is 12.5. The molecule has 130 valence electrons. The highest BCUT2D eigenvalue weighted by molar-refractivity contribution is 5.94. The summed E-state index contributed by atoms with van der Waals surface area (Å²) in [4.78, 5) is 24.9. The van der Waals surface area contributed by atoms with Gasteiger partial charge in [0.15, 0.2) is 0 Å². The summed E-state index contributed by atoms with van der Waals surface area (Å²) >= 11 is 0. The summed E-state index contributed by atoms with van der Waals surface area (Å²) in [5.74, 6) is -0.0266. The third-order valence-corrected chi connectivity index (χ3v) is 4.85. The van der Waals surface area contributed by atoms with Gasteiger partial charge < -0.3 is 10.6 Å². The van der Waals surface area contributed by atoms with Gasteiger partial charge in [-0.25, -0.2) is 0 Å². The third-order valence-electron chi connectivity index (χ3n) is 4.85. The minimum absolute atomic E-state index is 0.0133. The van der Waals surface area contributed by atoms with Crippen molar-refractivity contribution in [3.63, 3.8) is 0 Å². The Bertz CT molecular complexity index is 650. The first-order valence-corrected chi connectivity index (χ1v) is 8.85. The standard InChI is InChI=1S/C21H24N2O2/c24-19(22-17-9-3-1-4-10-17)15-21(13-7-8-14-21)16-20(25)23-18-11-5-2-6-12-18/h1-6,9-12H,7-8,13-16H2,(H,22,24)(H,23,25). The summed E-state index contributed by atoms with van der Waals surface area (Å²) in [6.07, 6.45) is 4.80. The number of benzene rings is 2. The first-order chi connectivity index (χ1) is 12.2. The van der Waals surface area contributed by atoms with Crippen LogP contribution in [0.5, 0.6) is 0 Å². The highest BCUT2D eigenvalue weighted by atomic mass is 16.2. The highest BCUT2D eigenvalue weighted by Gasteiger charge is 2.38. The minimum atomic E-state index is -0.224. The molecule has 4 heteroatoms. The molecule has 1 fully saturated rings. The van der Waals surface area contributed by atoms with E-state index >= 15 is 0 Å². The average molecular weight is 336 g/mol. The van der Waals surface area contributed by atoms with Gasteiger partial charge in [-0.1, -0.05) is 49.2 Å². The molecule has 0 radical (unpaired) electrons. The molecule has 1 aliphatic carbocycles. The normalized spacial score (nSPS) is 15.5. The van der Waals surface area contributed by atoms with Gasteiger partial charge in [-0.15, -0.1) is 0 Å². The van der Waals surface area contributed by atoms with Crippen molar-refractivity contribution in [3.05, 3.63) is 60.7 Å². The van der Waals surface area contributed by atoms with E-state index in [0.29, 0.717) is 12.8 Å². The largest absolute Gasteiger partial charge is 0.326 e. The number of carbonyl (C=O) groups excluding carboxylic acids is 2. The molecular weight excluding hydrogens is 312 g/mol. The van der Waals surface area contributed by atoms with E-state index in [1.54, 1.807) is 0 Å². The van der Waals surface area contributed by atoms with E-state index in [1.165, 1.54) is 0 Å². The number of para-hydroxylation sites is 2. The van der Waals surface area contributed by atoms with E-state index in [9.17, 15) is 9.59 Å². The Kier molecular flexibility index (Phi) is 5.49. The van der Waals surface area contributed by atoms with E-state index in [0.717, 1.165) is 37.1 Å². The van der Waals surface area contributed by atoms with Crippen molar-refractivity contribution in [1.82, 2.24) is 0 Å². The Morgan fingerprint density at radius 1 is 0.720 bits per heavy atom. The zero-order valence-electron chi connectivity index (χ0n) is 14.3. The molecule has 1 saturated carbocycles. The number of hydrogen-bond donors (Lipinski definition) is 2. The number of nitrogens with one attached hydrogen (secondary N) is 2. The van der Waals surface area contributed by atoms with E-state index in [4.69, 9.17) is 0 Å². The molecule has 2 aromatic rings. The van der Waals surface area contributed by atoms with Crippen molar-refractivity contribution < 1.29 is 9.59 Å². The molecule has 2 amide bonds. The predicted molar refractivity (Wildman–Crippen MR) is 100 cm³/mol. The molecule has 0 aromatic heterocycles. The lowest BCUT2D eigenvalue weighted by atomic mass is 9.79. The summed E-state index contributed by atoms with van der Waals surface area (Å²) in [5.41, 5.74) is 1.38. The van der Waals surface area contributed by atoms with E-state index < -0.39 is 0 Å². The lowest BCUT2D eigenvalue weighted by Gasteiger charge is -2.27. The Hall–Kier alpha value is -2.62. The summed E-state index contributed by atoms with van der Waals surface area (Å²) in [5, 5.41) is 5.89. The van der Waals surface area contributed by atoms with Crippen LogP contribution < -0.4 is 10.6 Å². The predicted octanol–water partition coefficient (Wildman–Crippen LogP) is 4.60. The van der Waals surface area contributed by atoms with Gasteiger partial charge in [0.1, 0.15) is 0 Å². The fourth-order valence-electron chi connectivity index (χ4n) is 3.68. The van der Waals surface area contributed by atoms with Crippen LogP contribution in [0.3, 0.4) is 0 Å². The minimum Gasteiger partial charge on any atom is -0.326 e. The van der Waals surface area contributed by atoms with Crippen LogP contribution in [0.4, 0.5) is 11.4 Å². The Morgan fingerprint density at radius 2 is 1.12 bits per heavy atom. The fourth-order valence-corrected chi connectivity index (χ4v) is 3.68. The van der Waals surface area contributed by atoms with Crippen LogP contribution in [0.25, 0.3) is 0 Å². The van der Waals surface area contributed by atoms with Crippen molar-refractivity contribution in [1.29, 1.82) is 0 Å². The van der Waals surface area contributed by atoms with Crippen LogP contribution in [0.1, 0.15) is 38.5 Å². The zero-order valence-corrected chi connectivity index (χ0v) is 14.3. The van der Waals surface area contributed by atoms with Crippen molar-refractivity contribution >= 4 is 23.2 Å². The lowest BCUT2D eigenvalue weighted by molar-refractivity contribution is -0.121. The molecule has 4 nitrogen and oxygen atoms in total.